The minimum atomic E-state index is -3.27. The van der Waals surface area contributed by atoms with Crippen molar-refractivity contribution in [2.24, 2.45) is 0 Å². The van der Waals surface area contributed by atoms with E-state index in [9.17, 15) is 8.42 Å². The molecule has 0 aliphatic carbocycles. The summed E-state index contributed by atoms with van der Waals surface area (Å²) in [5, 5.41) is 9.06. The Morgan fingerprint density at radius 1 is 1.23 bits per heavy atom. The van der Waals surface area contributed by atoms with Crippen LogP contribution in [0.3, 0.4) is 0 Å². The minimum absolute atomic E-state index is 0.295. The Balaban J connectivity index is 1.47. The Bertz CT molecular complexity index is 1150. The number of aromatic nitrogens is 2. The van der Waals surface area contributed by atoms with Gasteiger partial charge in [-0.2, -0.15) is 11.3 Å². The number of aryl methyl sites for hydroxylation is 1. The molecule has 6 nitrogen and oxygen atoms in total. The minimum Gasteiger partial charge on any atom is -0.341 e. The molecule has 4 rings (SSSR count). The number of thiophene rings is 1. The van der Waals surface area contributed by atoms with Crippen LogP contribution in [0.4, 0.5) is 5.95 Å². The summed E-state index contributed by atoms with van der Waals surface area (Å²) in [6, 6.07) is 8.23. The zero-order valence-corrected chi connectivity index (χ0v) is 20.0. The fourth-order valence-corrected chi connectivity index (χ4v) is 5.63. The Morgan fingerprint density at radius 2 is 2.06 bits per heavy atom. The molecule has 1 fully saturated rings. The van der Waals surface area contributed by atoms with Gasteiger partial charge in [-0.1, -0.05) is 0 Å². The zero-order valence-electron chi connectivity index (χ0n) is 18.3. The van der Waals surface area contributed by atoms with Crippen LogP contribution in [0.2, 0.25) is 0 Å². The van der Waals surface area contributed by atoms with Gasteiger partial charge in [0, 0.05) is 36.8 Å². The monoisotopic (exact) mass is 458 g/mol. The van der Waals surface area contributed by atoms with Gasteiger partial charge in [0.1, 0.15) is 0 Å². The molecular formula is C23H30N4O2S2. The summed E-state index contributed by atoms with van der Waals surface area (Å²) in [5.41, 5.74) is 2.96. The zero-order chi connectivity index (χ0) is 22.0. The van der Waals surface area contributed by atoms with Crippen LogP contribution in [0.1, 0.15) is 37.4 Å². The third-order valence-corrected chi connectivity index (χ3v) is 7.77. The number of benzene rings is 1. The maximum Gasteiger partial charge on any atom is 0.226 e. The highest BCUT2D eigenvalue weighted by molar-refractivity contribution is 7.90. The highest BCUT2D eigenvalue weighted by Gasteiger charge is 2.21. The van der Waals surface area contributed by atoms with Crippen LogP contribution in [0.25, 0.3) is 10.9 Å². The van der Waals surface area contributed by atoms with E-state index >= 15 is 0 Å². The molecule has 1 aromatic carbocycles. The summed E-state index contributed by atoms with van der Waals surface area (Å²) < 4.78 is 23.9. The van der Waals surface area contributed by atoms with E-state index < -0.39 is 9.84 Å². The van der Waals surface area contributed by atoms with Crippen LogP contribution in [-0.2, 0) is 16.3 Å². The lowest BCUT2D eigenvalue weighted by Gasteiger charge is -2.23. The van der Waals surface area contributed by atoms with Crippen molar-refractivity contribution < 1.29 is 8.42 Å². The topological polar surface area (TPSA) is 75.2 Å². The molecule has 1 N–H and O–H groups in total. The van der Waals surface area contributed by atoms with Crippen molar-refractivity contribution in [1.29, 1.82) is 0 Å². The van der Waals surface area contributed by atoms with E-state index in [0.717, 1.165) is 49.9 Å². The molecule has 3 heterocycles. The number of nitrogens with zero attached hydrogens (tertiary/aromatic N) is 3. The first-order chi connectivity index (χ1) is 14.8. The van der Waals surface area contributed by atoms with Gasteiger partial charge in [0.25, 0.3) is 0 Å². The van der Waals surface area contributed by atoms with E-state index in [1.165, 1.54) is 11.8 Å². The largest absolute Gasteiger partial charge is 0.341 e. The number of fused-ring (bicyclic) bond motifs is 1. The second kappa shape index (κ2) is 9.22. The maximum absolute atomic E-state index is 12.0. The number of hydrogen-bond donors (Lipinski definition) is 1. The van der Waals surface area contributed by atoms with Crippen LogP contribution < -0.4 is 10.2 Å². The lowest BCUT2D eigenvalue weighted by atomic mass is 10.1. The number of rotatable bonds is 6. The van der Waals surface area contributed by atoms with Crippen LogP contribution in [0.15, 0.2) is 39.9 Å². The second-order valence-electron chi connectivity index (χ2n) is 8.58. The Morgan fingerprint density at radius 3 is 2.81 bits per heavy atom. The fraction of sp³-hybridized carbons (Fsp3) is 0.478. The smallest absolute Gasteiger partial charge is 0.226 e. The molecule has 3 aromatic rings. The average Bonchev–Trinajstić information content (AvgIpc) is 3.10. The van der Waals surface area contributed by atoms with Crippen molar-refractivity contribution in [2.75, 3.05) is 24.2 Å². The molecule has 166 valence electrons. The van der Waals surface area contributed by atoms with Gasteiger partial charge in [-0.15, -0.1) is 0 Å². The van der Waals surface area contributed by atoms with Gasteiger partial charge in [-0.3, -0.25) is 0 Å². The third kappa shape index (κ3) is 5.42. The van der Waals surface area contributed by atoms with E-state index in [2.05, 4.69) is 34.0 Å². The molecule has 2 aromatic heterocycles. The first-order valence-corrected chi connectivity index (χ1v) is 13.6. The van der Waals surface area contributed by atoms with Gasteiger partial charge in [0.05, 0.1) is 16.1 Å². The average molecular weight is 459 g/mol. The van der Waals surface area contributed by atoms with Crippen molar-refractivity contribution in [2.45, 2.75) is 56.5 Å². The molecule has 0 bridgehead atoms. The Hall–Kier alpha value is -2.03. The summed E-state index contributed by atoms with van der Waals surface area (Å²) in [6.07, 6.45) is 5.53. The molecule has 1 aliphatic rings. The van der Waals surface area contributed by atoms with Gasteiger partial charge in [-0.05, 0) is 80.1 Å². The number of hydrogen-bond acceptors (Lipinski definition) is 7. The molecule has 0 radical (unpaired) electrons. The van der Waals surface area contributed by atoms with Crippen LogP contribution in [-0.4, -0.2) is 49.8 Å². The van der Waals surface area contributed by atoms with Crippen molar-refractivity contribution in [3.05, 3.63) is 46.3 Å². The van der Waals surface area contributed by atoms with Crippen LogP contribution in [0.5, 0.6) is 0 Å². The van der Waals surface area contributed by atoms with Gasteiger partial charge in [0.15, 0.2) is 9.84 Å². The molecule has 0 saturated carbocycles. The quantitative estimate of drug-likeness (QED) is 0.602. The van der Waals surface area contributed by atoms with Crippen LogP contribution in [0, 0.1) is 6.92 Å². The maximum atomic E-state index is 12.0. The molecule has 0 amide bonds. The molecule has 0 spiro atoms. The first kappa shape index (κ1) is 22.2. The standard InChI is InChI=1S/C23H30N4O2S2/c1-16(13-18-9-12-30-15-18)24-19-5-4-10-27(11-8-19)23-25-17(2)21-7-6-20(31(3,28)29)14-22(21)26-23/h6-7,9,12,14-16,19,24H,4-5,8,10-11,13H2,1-3H3/t16-,19-/m0/s1. The van der Waals surface area contributed by atoms with Crippen molar-refractivity contribution in [1.82, 2.24) is 15.3 Å². The molecule has 2 atom stereocenters. The summed E-state index contributed by atoms with van der Waals surface area (Å²) in [7, 11) is -3.27. The summed E-state index contributed by atoms with van der Waals surface area (Å²) in [4.78, 5) is 12.0. The molecule has 31 heavy (non-hydrogen) atoms. The first-order valence-electron chi connectivity index (χ1n) is 10.8. The van der Waals surface area contributed by atoms with Crippen molar-refractivity contribution >= 4 is 38.0 Å². The third-order valence-electron chi connectivity index (χ3n) is 5.93. The fourth-order valence-electron chi connectivity index (χ4n) is 4.31. The number of anilines is 1. The predicted octanol–water partition coefficient (Wildman–Crippen LogP) is 3.98. The summed E-state index contributed by atoms with van der Waals surface area (Å²) in [5.74, 6) is 0.697. The highest BCUT2D eigenvalue weighted by atomic mass is 32.2. The summed E-state index contributed by atoms with van der Waals surface area (Å²) in [6.45, 7) is 6.02. The van der Waals surface area contributed by atoms with Gasteiger partial charge in [0.2, 0.25) is 5.95 Å². The van der Waals surface area contributed by atoms with E-state index in [1.807, 2.05) is 13.0 Å². The van der Waals surface area contributed by atoms with Gasteiger partial charge in [-0.25, -0.2) is 18.4 Å². The van der Waals surface area contributed by atoms with E-state index in [1.54, 1.807) is 23.5 Å². The van der Waals surface area contributed by atoms with E-state index in [4.69, 9.17) is 9.97 Å². The molecule has 8 heteroatoms. The predicted molar refractivity (Wildman–Crippen MR) is 128 cm³/mol. The lowest BCUT2D eigenvalue weighted by Crippen LogP contribution is -2.38. The van der Waals surface area contributed by atoms with Crippen LogP contribution >= 0.6 is 11.3 Å². The molecule has 1 aliphatic heterocycles. The van der Waals surface area contributed by atoms with Crippen molar-refractivity contribution in [3.63, 3.8) is 0 Å². The second-order valence-corrected chi connectivity index (χ2v) is 11.4. The molecule has 0 unspecified atom stereocenters. The molecule has 1 saturated heterocycles. The number of nitrogens with one attached hydrogen (secondary N) is 1. The van der Waals surface area contributed by atoms with E-state index in [0.29, 0.717) is 28.4 Å². The van der Waals surface area contributed by atoms with Gasteiger partial charge >= 0.3 is 0 Å². The highest BCUT2D eigenvalue weighted by Crippen LogP contribution is 2.24. The van der Waals surface area contributed by atoms with E-state index in [-0.39, 0.29) is 0 Å². The Kier molecular flexibility index (Phi) is 6.60. The normalized spacial score (nSPS) is 18.8. The SMILES string of the molecule is Cc1nc(N2CCC[C@H](N[C@@H](C)Cc3ccsc3)CC2)nc2cc(S(C)(=O)=O)ccc12. The van der Waals surface area contributed by atoms with Crippen molar-refractivity contribution in [3.8, 4) is 0 Å². The summed E-state index contributed by atoms with van der Waals surface area (Å²) >= 11 is 1.75. The Labute approximate surface area is 188 Å². The number of sulfone groups is 1. The molecular weight excluding hydrogens is 428 g/mol. The lowest BCUT2D eigenvalue weighted by molar-refractivity contribution is 0.413. The van der Waals surface area contributed by atoms with Gasteiger partial charge < -0.3 is 10.2 Å².